The van der Waals surface area contributed by atoms with Gasteiger partial charge < -0.3 is 20.1 Å². The van der Waals surface area contributed by atoms with Gasteiger partial charge in [0, 0.05) is 44.6 Å². The smallest absolute Gasteiger partial charge is 0.223 e. The zero-order valence-corrected chi connectivity index (χ0v) is 18.5. The zero-order valence-electron chi connectivity index (χ0n) is 16.1. The van der Waals surface area contributed by atoms with Crippen LogP contribution in [0.4, 0.5) is 0 Å². The van der Waals surface area contributed by atoms with Crippen molar-refractivity contribution in [2.24, 2.45) is 10.9 Å². The average molecular weight is 497 g/mol. The van der Waals surface area contributed by atoms with Crippen LogP contribution in [0.15, 0.2) is 52.2 Å². The van der Waals surface area contributed by atoms with Crippen LogP contribution in [-0.2, 0) is 17.8 Å². The van der Waals surface area contributed by atoms with Gasteiger partial charge in [0.1, 0.15) is 12.0 Å². The Labute approximate surface area is 183 Å². The highest BCUT2D eigenvalue weighted by atomic mass is 127. The number of halogens is 1. The minimum Gasteiger partial charge on any atom is -0.364 e. The van der Waals surface area contributed by atoms with Gasteiger partial charge in [-0.3, -0.25) is 4.79 Å². The van der Waals surface area contributed by atoms with E-state index in [0.717, 1.165) is 44.3 Å². The van der Waals surface area contributed by atoms with Gasteiger partial charge in [-0.25, -0.2) is 4.99 Å². The van der Waals surface area contributed by atoms with Crippen LogP contribution < -0.4 is 10.6 Å². The number of rotatable bonds is 8. The molecule has 1 atom stereocenters. The van der Waals surface area contributed by atoms with Crippen molar-refractivity contribution in [2.75, 3.05) is 26.2 Å². The molecule has 1 saturated heterocycles. The third kappa shape index (κ3) is 6.81. The fourth-order valence-electron chi connectivity index (χ4n) is 3.18. The van der Waals surface area contributed by atoms with E-state index in [-0.39, 0.29) is 29.9 Å². The largest absolute Gasteiger partial charge is 0.364 e. The van der Waals surface area contributed by atoms with Crippen LogP contribution >= 0.6 is 24.0 Å². The summed E-state index contributed by atoms with van der Waals surface area (Å²) in [4.78, 5) is 18.8. The van der Waals surface area contributed by atoms with E-state index in [0.29, 0.717) is 18.9 Å². The number of benzene rings is 1. The van der Waals surface area contributed by atoms with Crippen LogP contribution in [0, 0.1) is 5.92 Å². The number of carbonyl (C=O) groups excluding carboxylic acids is 1. The Balaban J connectivity index is 0.00000280. The van der Waals surface area contributed by atoms with Crippen LogP contribution in [0.25, 0.3) is 0 Å². The van der Waals surface area contributed by atoms with Gasteiger partial charge in [-0.05, 0) is 18.9 Å². The molecule has 7 nitrogen and oxygen atoms in total. The molecule has 1 aliphatic rings. The maximum absolute atomic E-state index is 12.3. The first kappa shape index (κ1) is 22.2. The summed E-state index contributed by atoms with van der Waals surface area (Å²) in [6.07, 6.45) is 3.03. The molecule has 2 aromatic rings. The number of likely N-dealkylation sites (tertiary alicyclic amines) is 1. The predicted octanol–water partition coefficient (Wildman–Crippen LogP) is 2.44. The Kier molecular flexibility index (Phi) is 9.26. The molecule has 1 unspecified atom stereocenters. The number of aromatic nitrogens is 1. The summed E-state index contributed by atoms with van der Waals surface area (Å²) in [7, 11) is 0. The lowest BCUT2D eigenvalue weighted by molar-refractivity contribution is -0.127. The number of hydrogen-bond acceptors (Lipinski definition) is 4. The molecular formula is C20H28IN5O2. The number of amides is 1. The predicted molar refractivity (Wildman–Crippen MR) is 120 cm³/mol. The summed E-state index contributed by atoms with van der Waals surface area (Å²) >= 11 is 0. The first-order chi connectivity index (χ1) is 13.2. The zero-order chi connectivity index (χ0) is 18.9. The molecule has 1 aromatic carbocycles. The second kappa shape index (κ2) is 11.7. The van der Waals surface area contributed by atoms with Crippen molar-refractivity contribution < 1.29 is 9.32 Å². The van der Waals surface area contributed by atoms with Gasteiger partial charge in [0.25, 0.3) is 0 Å². The highest BCUT2D eigenvalue weighted by Gasteiger charge is 2.29. The van der Waals surface area contributed by atoms with Crippen molar-refractivity contribution >= 4 is 35.8 Å². The molecule has 152 valence electrons. The summed E-state index contributed by atoms with van der Waals surface area (Å²) in [6.45, 7) is 5.55. The maximum atomic E-state index is 12.3. The molecule has 0 bridgehead atoms. The molecule has 28 heavy (non-hydrogen) atoms. The van der Waals surface area contributed by atoms with Gasteiger partial charge in [0.15, 0.2) is 5.96 Å². The lowest BCUT2D eigenvalue weighted by Gasteiger charge is -2.17. The molecule has 8 heteroatoms. The van der Waals surface area contributed by atoms with Crippen LogP contribution in [-0.4, -0.2) is 48.1 Å². The molecule has 2 heterocycles. The van der Waals surface area contributed by atoms with Crippen LogP contribution in [0.2, 0.25) is 0 Å². The van der Waals surface area contributed by atoms with Crippen molar-refractivity contribution in [3.05, 3.63) is 53.9 Å². The number of guanidine groups is 1. The fraction of sp³-hybridized carbons (Fsp3) is 0.450. The maximum Gasteiger partial charge on any atom is 0.223 e. The third-order valence-electron chi connectivity index (χ3n) is 4.60. The van der Waals surface area contributed by atoms with Crippen LogP contribution in [0.3, 0.4) is 0 Å². The van der Waals surface area contributed by atoms with E-state index >= 15 is 0 Å². The second-order valence-electron chi connectivity index (χ2n) is 6.71. The molecule has 1 aliphatic heterocycles. The standard InChI is InChI=1S/C20H27N5O2.HI/c1-2-21-20(23-14-18-9-11-27-24-18)22-13-17-12-19(26)25(15-17)10-8-16-6-4-3-5-7-16;/h3-7,9,11,17H,2,8,10,12-15H2,1H3,(H2,21,22,23);1H. The van der Waals surface area contributed by atoms with Crippen molar-refractivity contribution in [1.29, 1.82) is 0 Å². The molecule has 0 aliphatic carbocycles. The number of nitrogens with one attached hydrogen (secondary N) is 2. The van der Waals surface area contributed by atoms with Crippen molar-refractivity contribution in [3.8, 4) is 0 Å². The lowest BCUT2D eigenvalue weighted by Crippen LogP contribution is -2.40. The summed E-state index contributed by atoms with van der Waals surface area (Å²) in [5, 5.41) is 10.4. The molecule has 0 radical (unpaired) electrons. The van der Waals surface area contributed by atoms with E-state index in [1.165, 1.54) is 5.56 Å². The average Bonchev–Trinajstić information content (AvgIpc) is 3.33. The number of carbonyl (C=O) groups is 1. The molecule has 2 N–H and O–H groups in total. The Morgan fingerprint density at radius 2 is 2.11 bits per heavy atom. The van der Waals surface area contributed by atoms with Crippen molar-refractivity contribution in [2.45, 2.75) is 26.3 Å². The lowest BCUT2D eigenvalue weighted by atomic mass is 10.1. The van der Waals surface area contributed by atoms with Gasteiger partial charge in [0.05, 0.1) is 6.54 Å². The molecule has 1 amide bonds. The molecule has 3 rings (SSSR count). The number of aliphatic imine (C=N–C) groups is 1. The molecule has 1 fully saturated rings. The monoisotopic (exact) mass is 497 g/mol. The summed E-state index contributed by atoms with van der Waals surface area (Å²) in [5.74, 6) is 1.27. The minimum atomic E-state index is 0. The molecular weight excluding hydrogens is 469 g/mol. The Bertz CT molecular complexity index is 736. The van der Waals surface area contributed by atoms with Gasteiger partial charge in [-0.15, -0.1) is 24.0 Å². The van der Waals surface area contributed by atoms with E-state index in [1.807, 2.05) is 30.0 Å². The van der Waals surface area contributed by atoms with Crippen LogP contribution in [0.1, 0.15) is 24.6 Å². The van der Waals surface area contributed by atoms with E-state index in [1.54, 1.807) is 12.3 Å². The first-order valence-corrected chi connectivity index (χ1v) is 9.47. The number of hydrogen-bond donors (Lipinski definition) is 2. The van der Waals surface area contributed by atoms with Gasteiger partial charge in [0.2, 0.25) is 5.91 Å². The topological polar surface area (TPSA) is 82.8 Å². The third-order valence-corrected chi connectivity index (χ3v) is 4.60. The van der Waals surface area contributed by atoms with Crippen LogP contribution in [0.5, 0.6) is 0 Å². The summed E-state index contributed by atoms with van der Waals surface area (Å²) in [5.41, 5.74) is 2.05. The van der Waals surface area contributed by atoms with E-state index < -0.39 is 0 Å². The molecule has 1 aromatic heterocycles. The fourth-order valence-corrected chi connectivity index (χ4v) is 3.18. The summed E-state index contributed by atoms with van der Waals surface area (Å²) in [6, 6.07) is 12.1. The van der Waals surface area contributed by atoms with E-state index in [9.17, 15) is 4.79 Å². The highest BCUT2D eigenvalue weighted by Crippen LogP contribution is 2.17. The van der Waals surface area contributed by atoms with Gasteiger partial charge in [-0.2, -0.15) is 0 Å². The second-order valence-corrected chi connectivity index (χ2v) is 6.71. The molecule has 0 saturated carbocycles. The van der Waals surface area contributed by atoms with Crippen molar-refractivity contribution in [1.82, 2.24) is 20.7 Å². The number of nitrogens with zero attached hydrogens (tertiary/aromatic N) is 3. The molecule has 0 spiro atoms. The SMILES string of the molecule is CCNC(=NCc1ccon1)NCC1CC(=O)N(CCc2ccccc2)C1.I. The Hall–Kier alpha value is -2.10. The van der Waals surface area contributed by atoms with Crippen molar-refractivity contribution in [3.63, 3.8) is 0 Å². The van der Waals surface area contributed by atoms with E-state index in [4.69, 9.17) is 4.52 Å². The van der Waals surface area contributed by atoms with E-state index in [2.05, 4.69) is 32.9 Å². The van der Waals surface area contributed by atoms with Gasteiger partial charge >= 0.3 is 0 Å². The normalized spacial score (nSPS) is 16.8. The Morgan fingerprint density at radius 3 is 2.82 bits per heavy atom. The highest BCUT2D eigenvalue weighted by molar-refractivity contribution is 14.0. The summed E-state index contributed by atoms with van der Waals surface area (Å²) < 4.78 is 4.82. The quantitative estimate of drug-likeness (QED) is 0.333. The first-order valence-electron chi connectivity index (χ1n) is 9.47. The minimum absolute atomic E-state index is 0. The van der Waals surface area contributed by atoms with Gasteiger partial charge in [-0.1, -0.05) is 35.5 Å². The Morgan fingerprint density at radius 1 is 1.29 bits per heavy atom.